The van der Waals surface area contributed by atoms with Gasteiger partial charge in [-0.25, -0.2) is 15.0 Å². The lowest BCUT2D eigenvalue weighted by Crippen LogP contribution is -2.44. The summed E-state index contributed by atoms with van der Waals surface area (Å²) in [4.78, 5) is 25.3. The van der Waals surface area contributed by atoms with E-state index in [-0.39, 0.29) is 30.4 Å². The van der Waals surface area contributed by atoms with Crippen LogP contribution in [-0.2, 0) is 12.7 Å². The van der Waals surface area contributed by atoms with Gasteiger partial charge in [0.15, 0.2) is 0 Å². The highest BCUT2D eigenvalue weighted by molar-refractivity contribution is 5.93. The fraction of sp³-hybridized carbons (Fsp3) is 0.412. The van der Waals surface area contributed by atoms with Gasteiger partial charge in [0.2, 0.25) is 5.88 Å². The lowest BCUT2D eigenvalue weighted by Gasteiger charge is -2.32. The predicted octanol–water partition coefficient (Wildman–Crippen LogP) is 2.03. The molecule has 2 aromatic heterocycles. The fourth-order valence-corrected chi connectivity index (χ4v) is 2.86. The van der Waals surface area contributed by atoms with Crippen molar-refractivity contribution in [2.75, 3.05) is 13.1 Å². The molecule has 0 unspecified atom stereocenters. The molecule has 3 heterocycles. The number of amides is 1. The minimum atomic E-state index is -4.59. The second-order valence-corrected chi connectivity index (χ2v) is 6.16. The van der Waals surface area contributed by atoms with E-state index in [0.717, 1.165) is 6.07 Å². The summed E-state index contributed by atoms with van der Waals surface area (Å²) >= 11 is 0. The van der Waals surface area contributed by atoms with Crippen LogP contribution in [0.15, 0.2) is 30.9 Å². The number of ether oxygens (including phenoxy) is 1. The zero-order valence-corrected chi connectivity index (χ0v) is 14.3. The van der Waals surface area contributed by atoms with E-state index < -0.39 is 18.0 Å². The molecular formula is C17H18F3N5O2. The van der Waals surface area contributed by atoms with Crippen LogP contribution in [0.25, 0.3) is 0 Å². The number of nitrogens with two attached hydrogens (primary N) is 1. The van der Waals surface area contributed by atoms with E-state index in [2.05, 4.69) is 15.0 Å². The van der Waals surface area contributed by atoms with Gasteiger partial charge in [0.25, 0.3) is 5.91 Å². The summed E-state index contributed by atoms with van der Waals surface area (Å²) in [6.45, 7) is 0.701. The highest BCUT2D eigenvalue weighted by atomic mass is 19.4. The van der Waals surface area contributed by atoms with E-state index in [9.17, 15) is 18.0 Å². The van der Waals surface area contributed by atoms with Crippen molar-refractivity contribution in [1.29, 1.82) is 0 Å². The van der Waals surface area contributed by atoms with Crippen LogP contribution < -0.4 is 10.5 Å². The average molecular weight is 381 g/mol. The Morgan fingerprint density at radius 2 is 2.04 bits per heavy atom. The van der Waals surface area contributed by atoms with Gasteiger partial charge < -0.3 is 15.4 Å². The first-order chi connectivity index (χ1) is 12.9. The summed E-state index contributed by atoms with van der Waals surface area (Å²) in [5, 5.41) is 0. The van der Waals surface area contributed by atoms with Crippen molar-refractivity contribution in [3.8, 4) is 5.88 Å². The lowest BCUT2D eigenvalue weighted by molar-refractivity contribution is -0.141. The number of likely N-dealkylation sites (tertiary alicyclic amines) is 1. The Morgan fingerprint density at radius 1 is 1.30 bits per heavy atom. The first-order valence-electron chi connectivity index (χ1n) is 8.36. The Morgan fingerprint density at radius 3 is 2.70 bits per heavy atom. The normalized spacial score (nSPS) is 17.6. The zero-order chi connectivity index (χ0) is 19.4. The maximum atomic E-state index is 13.0. The van der Waals surface area contributed by atoms with Crippen LogP contribution in [0.4, 0.5) is 13.2 Å². The van der Waals surface area contributed by atoms with Gasteiger partial charge in [-0.3, -0.25) is 4.79 Å². The smallest absolute Gasteiger partial charge is 0.433 e. The van der Waals surface area contributed by atoms with Gasteiger partial charge in [0.1, 0.15) is 18.1 Å². The molecule has 1 aliphatic rings. The van der Waals surface area contributed by atoms with Crippen molar-refractivity contribution in [2.24, 2.45) is 5.73 Å². The third kappa shape index (κ3) is 4.70. The maximum Gasteiger partial charge on any atom is 0.433 e. The molecule has 1 amide bonds. The quantitative estimate of drug-likeness (QED) is 0.871. The number of rotatable bonds is 4. The van der Waals surface area contributed by atoms with Crippen molar-refractivity contribution in [3.63, 3.8) is 0 Å². The first kappa shape index (κ1) is 19.0. The highest BCUT2D eigenvalue weighted by Gasteiger charge is 2.34. The summed E-state index contributed by atoms with van der Waals surface area (Å²) in [5.41, 5.74) is 5.05. The Balaban J connectivity index is 1.73. The molecule has 144 valence electrons. The van der Waals surface area contributed by atoms with Crippen molar-refractivity contribution < 1.29 is 22.7 Å². The number of alkyl halides is 3. The van der Waals surface area contributed by atoms with Crippen molar-refractivity contribution in [2.45, 2.75) is 31.7 Å². The number of pyridine rings is 1. The predicted molar refractivity (Wildman–Crippen MR) is 88.7 cm³/mol. The van der Waals surface area contributed by atoms with Crippen molar-refractivity contribution >= 4 is 5.91 Å². The highest BCUT2D eigenvalue weighted by Crippen LogP contribution is 2.30. The summed E-state index contributed by atoms with van der Waals surface area (Å²) in [7, 11) is 0. The lowest BCUT2D eigenvalue weighted by atomic mass is 10.1. The fourth-order valence-electron chi connectivity index (χ4n) is 2.86. The summed E-state index contributed by atoms with van der Waals surface area (Å²) in [6, 6.07) is 2.29. The minimum absolute atomic E-state index is 0.0642. The van der Waals surface area contributed by atoms with E-state index >= 15 is 0 Å². The molecule has 3 rings (SSSR count). The third-order valence-electron chi connectivity index (χ3n) is 4.15. The van der Waals surface area contributed by atoms with Crippen LogP contribution in [0.2, 0.25) is 0 Å². The molecule has 1 aliphatic heterocycles. The second-order valence-electron chi connectivity index (χ2n) is 6.16. The molecule has 0 spiro atoms. The third-order valence-corrected chi connectivity index (χ3v) is 4.15. The molecule has 10 heteroatoms. The summed E-state index contributed by atoms with van der Waals surface area (Å²) in [5.74, 6) is -0.392. The number of aromatic nitrogens is 3. The van der Waals surface area contributed by atoms with Crippen LogP contribution >= 0.6 is 0 Å². The SMILES string of the molecule is NCc1cc(O[C@H]2CCCN(C(=O)c3cncnc3)C2)nc(C(F)(F)F)c1. The largest absolute Gasteiger partial charge is 0.472 e. The standard InChI is InChI=1S/C17H18F3N5O2/c18-17(19,20)14-4-11(6-21)5-15(24-14)27-13-2-1-3-25(9-13)16(26)12-7-22-10-23-8-12/h4-5,7-8,10,13H,1-3,6,9,21H2/t13-/m0/s1. The molecular weight excluding hydrogens is 363 g/mol. The van der Waals surface area contributed by atoms with Gasteiger partial charge in [0, 0.05) is 31.5 Å². The van der Waals surface area contributed by atoms with Gasteiger partial charge in [-0.15, -0.1) is 0 Å². The van der Waals surface area contributed by atoms with Gasteiger partial charge in [-0.05, 0) is 24.5 Å². The Bertz CT molecular complexity index is 801. The van der Waals surface area contributed by atoms with Gasteiger partial charge in [0.05, 0.1) is 12.1 Å². The number of piperidine rings is 1. The average Bonchev–Trinajstić information content (AvgIpc) is 2.67. The van der Waals surface area contributed by atoms with Gasteiger partial charge in [-0.1, -0.05) is 0 Å². The molecule has 27 heavy (non-hydrogen) atoms. The molecule has 0 saturated carbocycles. The van der Waals surface area contributed by atoms with Crippen LogP contribution in [-0.4, -0.2) is 45.0 Å². The topological polar surface area (TPSA) is 94.2 Å². The maximum absolute atomic E-state index is 13.0. The molecule has 0 aromatic carbocycles. The van der Waals surface area contributed by atoms with E-state index in [1.54, 1.807) is 4.90 Å². The molecule has 2 N–H and O–H groups in total. The molecule has 1 atom stereocenters. The van der Waals surface area contributed by atoms with Crippen LogP contribution in [0, 0.1) is 0 Å². The van der Waals surface area contributed by atoms with E-state index in [1.165, 1.54) is 24.8 Å². The van der Waals surface area contributed by atoms with E-state index in [4.69, 9.17) is 10.5 Å². The van der Waals surface area contributed by atoms with Crippen LogP contribution in [0.3, 0.4) is 0 Å². The number of carbonyl (C=O) groups excluding carboxylic acids is 1. The first-order valence-corrected chi connectivity index (χ1v) is 8.36. The molecule has 0 bridgehead atoms. The Kier molecular flexibility index (Phi) is 5.54. The van der Waals surface area contributed by atoms with E-state index in [0.29, 0.717) is 24.9 Å². The number of hydrogen-bond acceptors (Lipinski definition) is 6. The number of carbonyl (C=O) groups is 1. The van der Waals surface area contributed by atoms with Crippen molar-refractivity contribution in [3.05, 3.63) is 47.7 Å². The molecule has 0 radical (unpaired) electrons. The summed E-state index contributed by atoms with van der Waals surface area (Å²) in [6.07, 6.45) is 0.369. The molecule has 7 nitrogen and oxygen atoms in total. The molecule has 1 fully saturated rings. The van der Waals surface area contributed by atoms with Crippen LogP contribution in [0.5, 0.6) is 5.88 Å². The van der Waals surface area contributed by atoms with Crippen LogP contribution in [0.1, 0.15) is 34.5 Å². The molecule has 1 saturated heterocycles. The van der Waals surface area contributed by atoms with Gasteiger partial charge in [-0.2, -0.15) is 13.2 Å². The van der Waals surface area contributed by atoms with E-state index in [1.807, 2.05) is 0 Å². The summed E-state index contributed by atoms with van der Waals surface area (Å²) < 4.78 is 44.6. The van der Waals surface area contributed by atoms with Crippen molar-refractivity contribution in [1.82, 2.24) is 19.9 Å². The monoisotopic (exact) mass is 381 g/mol. The Labute approximate surface area is 153 Å². The number of hydrogen-bond donors (Lipinski definition) is 1. The second kappa shape index (κ2) is 7.87. The number of nitrogens with zero attached hydrogens (tertiary/aromatic N) is 4. The number of halogens is 3. The molecule has 2 aromatic rings. The minimum Gasteiger partial charge on any atom is -0.472 e. The Hall–Kier alpha value is -2.75. The zero-order valence-electron chi connectivity index (χ0n) is 14.3. The molecule has 0 aliphatic carbocycles. The van der Waals surface area contributed by atoms with Gasteiger partial charge >= 0.3 is 6.18 Å².